The summed E-state index contributed by atoms with van der Waals surface area (Å²) in [5.74, 6) is -0.175. The van der Waals surface area contributed by atoms with Crippen LogP contribution in [0.15, 0.2) is 15.9 Å². The SMILES string of the molecule is CNC(=O)C(Cl)c1ccc(Br)s1. The monoisotopic (exact) mass is 267 g/mol. The van der Waals surface area contributed by atoms with E-state index in [9.17, 15) is 4.79 Å². The summed E-state index contributed by atoms with van der Waals surface area (Å²) in [6.45, 7) is 0. The Morgan fingerprint density at radius 1 is 1.75 bits per heavy atom. The van der Waals surface area contributed by atoms with Crippen molar-refractivity contribution in [2.24, 2.45) is 0 Å². The fourth-order valence-corrected chi connectivity index (χ4v) is 2.44. The zero-order valence-corrected chi connectivity index (χ0v) is 9.46. The number of nitrogens with one attached hydrogen (secondary N) is 1. The average molecular weight is 269 g/mol. The van der Waals surface area contributed by atoms with E-state index >= 15 is 0 Å². The fraction of sp³-hybridized carbons (Fsp3) is 0.286. The molecule has 0 aromatic carbocycles. The quantitative estimate of drug-likeness (QED) is 0.821. The van der Waals surface area contributed by atoms with Crippen LogP contribution in [0.1, 0.15) is 10.3 Å². The number of alkyl halides is 1. The molecule has 1 unspecified atom stereocenters. The molecule has 1 heterocycles. The summed E-state index contributed by atoms with van der Waals surface area (Å²) in [5, 5.41) is 1.92. The van der Waals surface area contributed by atoms with Crippen LogP contribution >= 0.6 is 38.9 Å². The predicted octanol–water partition coefficient (Wildman–Crippen LogP) is 2.54. The van der Waals surface area contributed by atoms with Crippen LogP contribution in [0.2, 0.25) is 0 Å². The predicted molar refractivity (Wildman–Crippen MR) is 54.7 cm³/mol. The van der Waals surface area contributed by atoms with Crippen LogP contribution in [0, 0.1) is 0 Å². The summed E-state index contributed by atoms with van der Waals surface area (Å²) in [5.41, 5.74) is 0. The van der Waals surface area contributed by atoms with Gasteiger partial charge in [-0.3, -0.25) is 4.79 Å². The first-order valence-electron chi connectivity index (χ1n) is 3.26. The summed E-state index contributed by atoms with van der Waals surface area (Å²) in [6.07, 6.45) is 0. The van der Waals surface area contributed by atoms with Crippen LogP contribution in [0.5, 0.6) is 0 Å². The van der Waals surface area contributed by atoms with Gasteiger partial charge in [0.1, 0.15) is 5.38 Å². The van der Waals surface area contributed by atoms with Gasteiger partial charge in [-0.15, -0.1) is 22.9 Å². The zero-order valence-electron chi connectivity index (χ0n) is 6.30. The second-order valence-electron chi connectivity index (χ2n) is 2.12. The second kappa shape index (κ2) is 4.25. The Morgan fingerprint density at radius 2 is 2.42 bits per heavy atom. The Balaban J connectivity index is 2.77. The lowest BCUT2D eigenvalue weighted by atomic mass is 10.3. The molecular weight excluding hydrogens is 262 g/mol. The minimum atomic E-state index is -0.578. The molecule has 1 N–H and O–H groups in total. The van der Waals surface area contributed by atoms with E-state index < -0.39 is 5.38 Å². The van der Waals surface area contributed by atoms with Crippen molar-refractivity contribution in [3.8, 4) is 0 Å². The Bertz CT molecular complexity index is 289. The Hall–Kier alpha value is -0.0600. The van der Waals surface area contributed by atoms with Crippen molar-refractivity contribution in [1.29, 1.82) is 0 Å². The highest BCUT2D eigenvalue weighted by Gasteiger charge is 2.17. The van der Waals surface area contributed by atoms with Crippen LogP contribution in [-0.4, -0.2) is 13.0 Å². The van der Waals surface area contributed by atoms with Gasteiger partial charge < -0.3 is 5.32 Å². The normalized spacial score (nSPS) is 12.6. The molecule has 1 aromatic rings. The third-order valence-corrected chi connectivity index (χ3v) is 3.57. The summed E-state index contributed by atoms with van der Waals surface area (Å²) in [4.78, 5) is 11.9. The van der Waals surface area contributed by atoms with Crippen molar-refractivity contribution >= 4 is 44.8 Å². The molecule has 0 aliphatic heterocycles. The highest BCUT2D eigenvalue weighted by atomic mass is 79.9. The van der Waals surface area contributed by atoms with Crippen molar-refractivity contribution in [3.05, 3.63) is 20.8 Å². The van der Waals surface area contributed by atoms with Gasteiger partial charge in [-0.1, -0.05) is 0 Å². The number of carbonyl (C=O) groups is 1. The fourth-order valence-electron chi connectivity index (χ4n) is 0.720. The molecule has 0 fully saturated rings. The van der Waals surface area contributed by atoms with Crippen LogP contribution in [0.25, 0.3) is 0 Å². The Labute approximate surface area is 88.0 Å². The molecule has 0 radical (unpaired) electrons. The van der Waals surface area contributed by atoms with Crippen molar-refractivity contribution in [2.45, 2.75) is 5.38 Å². The van der Waals surface area contributed by atoms with Gasteiger partial charge in [0.25, 0.3) is 0 Å². The first kappa shape index (κ1) is 10.0. The topological polar surface area (TPSA) is 29.1 Å². The van der Waals surface area contributed by atoms with Gasteiger partial charge in [0.2, 0.25) is 5.91 Å². The van der Waals surface area contributed by atoms with Crippen LogP contribution in [-0.2, 0) is 4.79 Å². The molecule has 1 amide bonds. The molecule has 0 aliphatic carbocycles. The van der Waals surface area contributed by atoms with Gasteiger partial charge in [0.05, 0.1) is 3.79 Å². The number of likely N-dealkylation sites (N-methyl/N-ethyl adjacent to an activating group) is 1. The van der Waals surface area contributed by atoms with Crippen LogP contribution in [0.3, 0.4) is 0 Å². The molecule has 0 saturated heterocycles. The molecule has 1 atom stereocenters. The van der Waals surface area contributed by atoms with E-state index in [0.29, 0.717) is 0 Å². The number of thiophene rings is 1. The molecule has 2 nitrogen and oxygen atoms in total. The molecule has 0 aliphatic rings. The smallest absolute Gasteiger partial charge is 0.243 e. The standard InChI is InChI=1S/C7H7BrClNOS/c1-10-7(11)6(9)4-2-3-5(8)12-4/h2-3,6H,1H3,(H,10,11). The van der Waals surface area contributed by atoms with Crippen molar-refractivity contribution < 1.29 is 4.79 Å². The molecular formula is C7H7BrClNOS. The van der Waals surface area contributed by atoms with E-state index in [1.54, 1.807) is 7.05 Å². The number of carbonyl (C=O) groups excluding carboxylic acids is 1. The molecule has 66 valence electrons. The molecule has 1 rings (SSSR count). The van der Waals surface area contributed by atoms with E-state index in [2.05, 4.69) is 21.2 Å². The van der Waals surface area contributed by atoms with Gasteiger partial charge in [-0.25, -0.2) is 0 Å². The van der Waals surface area contributed by atoms with E-state index in [4.69, 9.17) is 11.6 Å². The Kier molecular flexibility index (Phi) is 3.55. The zero-order chi connectivity index (χ0) is 9.14. The third kappa shape index (κ3) is 2.21. The van der Waals surface area contributed by atoms with Crippen LogP contribution in [0.4, 0.5) is 0 Å². The van der Waals surface area contributed by atoms with Crippen molar-refractivity contribution in [2.75, 3.05) is 7.05 Å². The third-order valence-electron chi connectivity index (χ3n) is 1.32. The van der Waals surface area contributed by atoms with Gasteiger partial charge in [0.15, 0.2) is 0 Å². The van der Waals surface area contributed by atoms with Crippen molar-refractivity contribution in [3.63, 3.8) is 0 Å². The molecule has 0 saturated carbocycles. The maximum absolute atomic E-state index is 11.1. The van der Waals surface area contributed by atoms with E-state index in [1.165, 1.54) is 11.3 Å². The maximum Gasteiger partial charge on any atom is 0.243 e. The molecule has 0 spiro atoms. The summed E-state index contributed by atoms with van der Waals surface area (Å²) < 4.78 is 0.979. The summed E-state index contributed by atoms with van der Waals surface area (Å²) in [7, 11) is 1.57. The minimum absolute atomic E-state index is 0.175. The highest BCUT2D eigenvalue weighted by Crippen LogP contribution is 2.30. The molecule has 12 heavy (non-hydrogen) atoms. The summed E-state index contributed by atoms with van der Waals surface area (Å²) >= 11 is 10.6. The molecule has 1 aromatic heterocycles. The maximum atomic E-state index is 11.1. The number of amides is 1. The van der Waals surface area contributed by atoms with Crippen LogP contribution < -0.4 is 5.32 Å². The Morgan fingerprint density at radius 3 is 2.83 bits per heavy atom. The largest absolute Gasteiger partial charge is 0.358 e. The van der Waals surface area contributed by atoms with Gasteiger partial charge in [0, 0.05) is 11.9 Å². The van der Waals surface area contributed by atoms with E-state index in [1.807, 2.05) is 12.1 Å². The van der Waals surface area contributed by atoms with E-state index in [-0.39, 0.29) is 5.91 Å². The number of rotatable bonds is 2. The lowest BCUT2D eigenvalue weighted by Crippen LogP contribution is -2.21. The molecule has 0 bridgehead atoms. The van der Waals surface area contributed by atoms with Crippen molar-refractivity contribution in [1.82, 2.24) is 5.32 Å². The second-order valence-corrected chi connectivity index (χ2v) is 5.05. The highest BCUT2D eigenvalue weighted by molar-refractivity contribution is 9.11. The lowest BCUT2D eigenvalue weighted by molar-refractivity contribution is -0.120. The van der Waals surface area contributed by atoms with Gasteiger partial charge in [-0.05, 0) is 28.1 Å². The number of hydrogen-bond acceptors (Lipinski definition) is 2. The number of hydrogen-bond donors (Lipinski definition) is 1. The number of halogens is 2. The first-order chi connectivity index (χ1) is 5.65. The molecule has 5 heteroatoms. The first-order valence-corrected chi connectivity index (χ1v) is 5.30. The van der Waals surface area contributed by atoms with Gasteiger partial charge in [-0.2, -0.15) is 0 Å². The summed E-state index contributed by atoms with van der Waals surface area (Å²) in [6, 6.07) is 3.71. The minimum Gasteiger partial charge on any atom is -0.358 e. The van der Waals surface area contributed by atoms with E-state index in [0.717, 1.165) is 8.66 Å². The average Bonchev–Trinajstić information content (AvgIpc) is 2.49. The lowest BCUT2D eigenvalue weighted by Gasteiger charge is -2.03. The van der Waals surface area contributed by atoms with Gasteiger partial charge >= 0.3 is 0 Å².